The molecular weight excluding hydrogens is 253 g/mol. The van der Waals surface area contributed by atoms with Crippen molar-refractivity contribution in [3.05, 3.63) is 59.4 Å². The minimum absolute atomic E-state index is 0.000150. The molecule has 0 fully saturated rings. The number of ether oxygens (including phenoxy) is 1. The van der Waals surface area contributed by atoms with E-state index in [4.69, 9.17) is 21.6 Å². The number of halogens is 2. The van der Waals surface area contributed by atoms with E-state index in [-0.39, 0.29) is 5.56 Å². The van der Waals surface area contributed by atoms with E-state index in [2.05, 4.69) is 0 Å². The highest BCUT2D eigenvalue weighted by Gasteiger charge is 2.04. The van der Waals surface area contributed by atoms with E-state index in [1.54, 1.807) is 24.3 Å². The Morgan fingerprint density at radius 1 is 1.11 bits per heavy atom. The Balaban J connectivity index is 2.18. The number of nitriles is 1. The topological polar surface area (TPSA) is 33.0 Å². The van der Waals surface area contributed by atoms with Crippen LogP contribution in [0.25, 0.3) is 0 Å². The lowest BCUT2D eigenvalue weighted by Crippen LogP contribution is -1.88. The molecule has 0 heterocycles. The van der Waals surface area contributed by atoms with E-state index < -0.39 is 5.82 Å². The maximum Gasteiger partial charge on any atom is 0.144 e. The first-order chi connectivity index (χ1) is 8.72. The van der Waals surface area contributed by atoms with Gasteiger partial charge in [-0.25, -0.2) is 4.39 Å². The Hall–Kier alpha value is -2.05. The average Bonchev–Trinajstić information content (AvgIpc) is 2.40. The van der Waals surface area contributed by atoms with Gasteiger partial charge in [0.25, 0.3) is 0 Å². The smallest absolute Gasteiger partial charge is 0.144 e. The van der Waals surface area contributed by atoms with Gasteiger partial charge in [-0.1, -0.05) is 12.1 Å². The Labute approximate surface area is 109 Å². The number of rotatable bonds is 3. The highest BCUT2D eigenvalue weighted by Crippen LogP contribution is 2.23. The number of hydrogen-bond acceptors (Lipinski definition) is 2. The van der Waals surface area contributed by atoms with Gasteiger partial charge in [-0.05, 0) is 29.8 Å². The molecule has 90 valence electrons. The molecule has 2 aromatic rings. The zero-order valence-electron chi connectivity index (χ0n) is 9.36. The minimum Gasteiger partial charge on any atom is -0.457 e. The van der Waals surface area contributed by atoms with Crippen LogP contribution < -0.4 is 4.74 Å². The molecule has 0 aliphatic carbocycles. The third-order valence-corrected chi connectivity index (χ3v) is 2.68. The average molecular weight is 262 g/mol. The largest absolute Gasteiger partial charge is 0.457 e. The summed E-state index contributed by atoms with van der Waals surface area (Å²) in [6.07, 6.45) is 0. The minimum atomic E-state index is -0.590. The molecule has 0 atom stereocenters. The molecule has 0 radical (unpaired) electrons. The SMILES string of the molecule is N#Cc1ccc(Oc2ccc(CCl)cc2)cc1F. The lowest BCUT2D eigenvalue weighted by molar-refractivity contribution is 0.476. The van der Waals surface area contributed by atoms with E-state index in [9.17, 15) is 4.39 Å². The number of nitrogens with zero attached hydrogens (tertiary/aromatic N) is 1. The Kier molecular flexibility index (Phi) is 3.81. The summed E-state index contributed by atoms with van der Waals surface area (Å²) in [5.41, 5.74) is 0.981. The fourth-order valence-electron chi connectivity index (χ4n) is 1.43. The van der Waals surface area contributed by atoms with Gasteiger partial charge in [-0.2, -0.15) is 5.26 Å². The third-order valence-electron chi connectivity index (χ3n) is 2.37. The van der Waals surface area contributed by atoms with Gasteiger partial charge in [0.2, 0.25) is 0 Å². The molecule has 18 heavy (non-hydrogen) atoms. The molecule has 4 heteroatoms. The molecule has 2 nitrogen and oxygen atoms in total. The summed E-state index contributed by atoms with van der Waals surface area (Å²) in [5.74, 6) is 0.789. The van der Waals surface area contributed by atoms with Crippen molar-refractivity contribution in [3.8, 4) is 17.6 Å². The van der Waals surface area contributed by atoms with Crippen molar-refractivity contribution < 1.29 is 9.13 Å². The van der Waals surface area contributed by atoms with Crippen LogP contribution in [0, 0.1) is 17.1 Å². The van der Waals surface area contributed by atoms with Crippen LogP contribution in [-0.4, -0.2) is 0 Å². The molecular formula is C14H9ClFNO. The second-order valence-corrected chi connectivity index (χ2v) is 3.90. The lowest BCUT2D eigenvalue weighted by atomic mass is 10.2. The first kappa shape index (κ1) is 12.4. The van der Waals surface area contributed by atoms with E-state index in [1.165, 1.54) is 12.1 Å². The van der Waals surface area contributed by atoms with Crippen molar-refractivity contribution in [1.29, 1.82) is 5.26 Å². The molecule has 0 aliphatic heterocycles. The summed E-state index contributed by atoms with van der Waals surface area (Å²) < 4.78 is 18.8. The van der Waals surface area contributed by atoms with Gasteiger partial charge < -0.3 is 4.74 Å². The molecule has 0 unspecified atom stereocenters. The molecule has 2 rings (SSSR count). The zero-order chi connectivity index (χ0) is 13.0. The monoisotopic (exact) mass is 261 g/mol. The van der Waals surface area contributed by atoms with Gasteiger partial charge >= 0.3 is 0 Å². The summed E-state index contributed by atoms with van der Waals surface area (Å²) >= 11 is 5.67. The second-order valence-electron chi connectivity index (χ2n) is 3.63. The summed E-state index contributed by atoms with van der Waals surface area (Å²) in [6, 6.07) is 13.1. The first-order valence-corrected chi connectivity index (χ1v) is 5.79. The van der Waals surface area contributed by atoms with Crippen molar-refractivity contribution in [2.45, 2.75) is 5.88 Å². The Morgan fingerprint density at radius 3 is 2.33 bits per heavy atom. The summed E-state index contributed by atoms with van der Waals surface area (Å²) in [4.78, 5) is 0. The van der Waals surface area contributed by atoms with Crippen LogP contribution in [0.1, 0.15) is 11.1 Å². The van der Waals surface area contributed by atoms with E-state index in [0.717, 1.165) is 5.56 Å². The van der Waals surface area contributed by atoms with Crippen LogP contribution in [0.5, 0.6) is 11.5 Å². The molecule has 0 aliphatic rings. The number of benzene rings is 2. The van der Waals surface area contributed by atoms with Crippen LogP contribution in [0.15, 0.2) is 42.5 Å². The van der Waals surface area contributed by atoms with Crippen LogP contribution in [0.2, 0.25) is 0 Å². The van der Waals surface area contributed by atoms with Gasteiger partial charge in [-0.3, -0.25) is 0 Å². The molecule has 0 spiro atoms. The highest BCUT2D eigenvalue weighted by atomic mass is 35.5. The second kappa shape index (κ2) is 5.52. The highest BCUT2D eigenvalue weighted by molar-refractivity contribution is 6.17. The maximum atomic E-state index is 13.4. The van der Waals surface area contributed by atoms with Crippen molar-refractivity contribution >= 4 is 11.6 Å². The van der Waals surface area contributed by atoms with Crippen molar-refractivity contribution in [1.82, 2.24) is 0 Å². The molecule has 0 saturated heterocycles. The van der Waals surface area contributed by atoms with Gasteiger partial charge in [0.05, 0.1) is 5.56 Å². The fraction of sp³-hybridized carbons (Fsp3) is 0.0714. The van der Waals surface area contributed by atoms with E-state index in [1.807, 2.05) is 12.1 Å². The van der Waals surface area contributed by atoms with Gasteiger partial charge in [0, 0.05) is 11.9 Å². The van der Waals surface area contributed by atoms with Crippen LogP contribution >= 0.6 is 11.6 Å². The third kappa shape index (κ3) is 2.79. The Bertz CT molecular complexity index is 590. The number of alkyl halides is 1. The standard InChI is InChI=1S/C14H9ClFNO/c15-8-10-1-4-12(5-2-10)18-13-6-3-11(9-17)14(16)7-13/h1-7H,8H2. The normalized spacial score (nSPS) is 9.83. The molecule has 2 aromatic carbocycles. The van der Waals surface area contributed by atoms with Crippen LogP contribution in [0.3, 0.4) is 0 Å². The predicted octanol–water partition coefficient (Wildman–Crippen LogP) is 4.23. The first-order valence-electron chi connectivity index (χ1n) is 5.25. The quantitative estimate of drug-likeness (QED) is 0.775. The van der Waals surface area contributed by atoms with Crippen molar-refractivity contribution in [2.24, 2.45) is 0 Å². The van der Waals surface area contributed by atoms with Gasteiger partial charge in [0.1, 0.15) is 23.4 Å². The van der Waals surface area contributed by atoms with E-state index in [0.29, 0.717) is 17.4 Å². The molecule has 0 bridgehead atoms. The van der Waals surface area contributed by atoms with Crippen LogP contribution in [-0.2, 0) is 5.88 Å². The zero-order valence-corrected chi connectivity index (χ0v) is 10.1. The number of hydrogen-bond donors (Lipinski definition) is 0. The summed E-state index contributed by atoms with van der Waals surface area (Å²) in [7, 11) is 0. The molecule has 0 aromatic heterocycles. The molecule has 0 amide bonds. The summed E-state index contributed by atoms with van der Waals surface area (Å²) in [5, 5.41) is 8.61. The van der Waals surface area contributed by atoms with Crippen LogP contribution in [0.4, 0.5) is 4.39 Å². The van der Waals surface area contributed by atoms with Crippen molar-refractivity contribution in [2.75, 3.05) is 0 Å². The predicted molar refractivity (Wildman–Crippen MR) is 67.2 cm³/mol. The molecule has 0 saturated carbocycles. The molecule has 0 N–H and O–H groups in total. The Morgan fingerprint density at radius 2 is 1.78 bits per heavy atom. The van der Waals surface area contributed by atoms with Gasteiger partial charge in [-0.15, -0.1) is 11.6 Å². The fourth-order valence-corrected chi connectivity index (χ4v) is 1.61. The maximum absolute atomic E-state index is 13.4. The lowest BCUT2D eigenvalue weighted by Gasteiger charge is -2.06. The van der Waals surface area contributed by atoms with Gasteiger partial charge in [0.15, 0.2) is 0 Å². The summed E-state index contributed by atoms with van der Waals surface area (Å²) in [6.45, 7) is 0. The van der Waals surface area contributed by atoms with Crippen molar-refractivity contribution in [3.63, 3.8) is 0 Å². The van der Waals surface area contributed by atoms with E-state index >= 15 is 0 Å².